The van der Waals surface area contributed by atoms with Gasteiger partial charge >= 0.3 is 12.3 Å². The van der Waals surface area contributed by atoms with Crippen molar-refractivity contribution in [3.63, 3.8) is 0 Å². The summed E-state index contributed by atoms with van der Waals surface area (Å²) in [5.41, 5.74) is -0.718. The number of ether oxygens (including phenoxy) is 2. The summed E-state index contributed by atoms with van der Waals surface area (Å²) in [7, 11) is 1.09. The highest BCUT2D eigenvalue weighted by Crippen LogP contribution is 2.29. The highest BCUT2D eigenvalue weighted by atomic mass is 19.4. The SMILES string of the molecule is COC(=O)C1=C(Nc2ccc(OC(F)(F)F)cc2F)C(=O)N(CCO)C1. The molecule has 1 aliphatic rings. The molecule has 0 spiro atoms. The van der Waals surface area contributed by atoms with E-state index in [-0.39, 0.29) is 36.7 Å². The normalized spacial score (nSPS) is 14.7. The van der Waals surface area contributed by atoms with E-state index in [9.17, 15) is 27.2 Å². The minimum Gasteiger partial charge on any atom is -0.466 e. The highest BCUT2D eigenvalue weighted by Gasteiger charge is 2.35. The van der Waals surface area contributed by atoms with E-state index in [1.807, 2.05) is 0 Å². The Balaban J connectivity index is 2.29. The molecule has 2 rings (SSSR count). The van der Waals surface area contributed by atoms with E-state index in [4.69, 9.17) is 5.11 Å². The summed E-state index contributed by atoms with van der Waals surface area (Å²) in [5, 5.41) is 11.4. The van der Waals surface area contributed by atoms with Crippen molar-refractivity contribution >= 4 is 17.6 Å². The molecule has 1 aliphatic heterocycles. The van der Waals surface area contributed by atoms with Gasteiger partial charge in [-0.15, -0.1) is 13.2 Å². The number of carbonyl (C=O) groups is 2. The average Bonchev–Trinajstić information content (AvgIpc) is 2.85. The fraction of sp³-hybridized carbons (Fsp3) is 0.333. The maximum absolute atomic E-state index is 14.0. The first-order chi connectivity index (χ1) is 12.2. The molecule has 7 nitrogen and oxygen atoms in total. The van der Waals surface area contributed by atoms with Gasteiger partial charge in [-0.05, 0) is 12.1 Å². The van der Waals surface area contributed by atoms with E-state index < -0.39 is 29.8 Å². The van der Waals surface area contributed by atoms with Crippen LogP contribution in [0.5, 0.6) is 5.75 Å². The molecule has 0 unspecified atom stereocenters. The lowest BCUT2D eigenvalue weighted by Crippen LogP contribution is -2.31. The Hall–Kier alpha value is -2.82. The Labute approximate surface area is 144 Å². The number of benzene rings is 1. The average molecular weight is 378 g/mol. The number of amides is 1. The molecule has 0 saturated heterocycles. The molecule has 0 aliphatic carbocycles. The third-order valence-electron chi connectivity index (χ3n) is 3.39. The van der Waals surface area contributed by atoms with Crippen molar-refractivity contribution < 1.29 is 41.7 Å². The van der Waals surface area contributed by atoms with Crippen molar-refractivity contribution in [2.24, 2.45) is 0 Å². The molecule has 142 valence electrons. The smallest absolute Gasteiger partial charge is 0.466 e. The van der Waals surface area contributed by atoms with E-state index in [2.05, 4.69) is 14.8 Å². The van der Waals surface area contributed by atoms with Crippen LogP contribution in [-0.2, 0) is 14.3 Å². The van der Waals surface area contributed by atoms with Crippen LogP contribution in [0.2, 0.25) is 0 Å². The Morgan fingerprint density at radius 2 is 2.08 bits per heavy atom. The molecular formula is C15H14F4N2O5. The second-order valence-corrected chi connectivity index (χ2v) is 5.11. The molecule has 0 fully saturated rings. The summed E-state index contributed by atoms with van der Waals surface area (Å²) in [6.45, 7) is -0.581. The summed E-state index contributed by atoms with van der Waals surface area (Å²) in [4.78, 5) is 25.2. The van der Waals surface area contributed by atoms with E-state index in [0.717, 1.165) is 24.1 Å². The topological polar surface area (TPSA) is 88.1 Å². The number of methoxy groups -OCH3 is 1. The predicted molar refractivity (Wildman–Crippen MR) is 79.4 cm³/mol. The highest BCUT2D eigenvalue weighted by molar-refractivity contribution is 6.08. The van der Waals surface area contributed by atoms with Gasteiger partial charge in [-0.25, -0.2) is 9.18 Å². The quantitative estimate of drug-likeness (QED) is 0.575. The number of carbonyl (C=O) groups excluding carboxylic acids is 2. The van der Waals surface area contributed by atoms with Crippen LogP contribution in [0.4, 0.5) is 23.2 Å². The number of esters is 1. The van der Waals surface area contributed by atoms with Gasteiger partial charge in [0.05, 0.1) is 31.5 Å². The van der Waals surface area contributed by atoms with Crippen LogP contribution in [-0.4, -0.2) is 55.1 Å². The fourth-order valence-electron chi connectivity index (χ4n) is 2.28. The molecule has 0 bridgehead atoms. The van der Waals surface area contributed by atoms with Crippen LogP contribution < -0.4 is 10.1 Å². The van der Waals surface area contributed by atoms with Crippen molar-refractivity contribution in [3.05, 3.63) is 35.3 Å². The first-order valence-electron chi connectivity index (χ1n) is 7.20. The standard InChI is InChI=1S/C15H14F4N2O5/c1-25-14(24)9-7-21(4-5-22)13(23)12(9)20-11-3-2-8(6-10(11)16)26-15(17,18)19/h2-3,6,20,22H,4-5,7H2,1H3. The molecule has 1 aromatic carbocycles. The summed E-state index contributed by atoms with van der Waals surface area (Å²) in [5.74, 6) is -3.42. The van der Waals surface area contributed by atoms with Gasteiger partial charge in [0.25, 0.3) is 5.91 Å². The molecule has 1 heterocycles. The van der Waals surface area contributed by atoms with E-state index in [1.54, 1.807) is 0 Å². The first kappa shape index (κ1) is 19.5. The Kier molecular flexibility index (Phi) is 5.70. The van der Waals surface area contributed by atoms with Crippen molar-refractivity contribution in [1.82, 2.24) is 4.90 Å². The lowest BCUT2D eigenvalue weighted by atomic mass is 10.2. The van der Waals surface area contributed by atoms with Crippen LogP contribution in [0.25, 0.3) is 0 Å². The molecule has 1 aromatic rings. The molecule has 1 amide bonds. The van der Waals surface area contributed by atoms with Gasteiger partial charge in [0.2, 0.25) is 0 Å². The Morgan fingerprint density at radius 1 is 1.38 bits per heavy atom. The minimum absolute atomic E-state index is 0.0641. The zero-order valence-electron chi connectivity index (χ0n) is 13.4. The van der Waals surface area contributed by atoms with Crippen molar-refractivity contribution in [2.45, 2.75) is 6.36 Å². The maximum Gasteiger partial charge on any atom is 0.573 e. The third kappa shape index (κ3) is 4.42. The Morgan fingerprint density at radius 3 is 2.62 bits per heavy atom. The minimum atomic E-state index is -4.98. The first-order valence-corrected chi connectivity index (χ1v) is 7.20. The van der Waals surface area contributed by atoms with Crippen LogP contribution in [0.1, 0.15) is 0 Å². The molecule has 11 heteroatoms. The number of β-amino-alcohol motifs (C(OH)–C–C–N with tert-alkyl or cyclic N) is 1. The number of halogens is 4. The number of anilines is 1. The van der Waals surface area contributed by atoms with Crippen LogP contribution >= 0.6 is 0 Å². The largest absolute Gasteiger partial charge is 0.573 e. The van der Waals surface area contributed by atoms with Gasteiger partial charge in [-0.2, -0.15) is 0 Å². The molecule has 0 radical (unpaired) electrons. The lowest BCUT2D eigenvalue weighted by molar-refractivity contribution is -0.274. The number of hydrogen-bond acceptors (Lipinski definition) is 6. The molecule has 0 aromatic heterocycles. The Bertz CT molecular complexity index is 748. The van der Waals surface area contributed by atoms with Gasteiger partial charge in [0.1, 0.15) is 17.3 Å². The number of alkyl halides is 3. The monoisotopic (exact) mass is 378 g/mol. The summed E-state index contributed by atoms with van der Waals surface area (Å²) >= 11 is 0. The third-order valence-corrected chi connectivity index (χ3v) is 3.39. The molecule has 0 saturated carbocycles. The summed E-state index contributed by atoms with van der Waals surface area (Å²) < 4.78 is 58.7. The van der Waals surface area contributed by atoms with Gasteiger partial charge in [0.15, 0.2) is 0 Å². The maximum atomic E-state index is 14.0. The van der Waals surface area contributed by atoms with Crippen molar-refractivity contribution in [2.75, 3.05) is 32.1 Å². The van der Waals surface area contributed by atoms with Crippen molar-refractivity contribution in [1.29, 1.82) is 0 Å². The number of aliphatic hydroxyl groups excluding tert-OH is 1. The lowest BCUT2D eigenvalue weighted by Gasteiger charge is -2.15. The second-order valence-electron chi connectivity index (χ2n) is 5.11. The summed E-state index contributed by atoms with van der Waals surface area (Å²) in [6.07, 6.45) is -4.98. The van der Waals surface area contributed by atoms with Gasteiger partial charge in [0, 0.05) is 12.6 Å². The fourth-order valence-corrected chi connectivity index (χ4v) is 2.28. The van der Waals surface area contributed by atoms with Crippen LogP contribution in [0.15, 0.2) is 29.5 Å². The molecule has 2 N–H and O–H groups in total. The van der Waals surface area contributed by atoms with Crippen molar-refractivity contribution in [3.8, 4) is 5.75 Å². The zero-order valence-corrected chi connectivity index (χ0v) is 13.4. The second kappa shape index (κ2) is 7.60. The molecule has 0 atom stereocenters. The number of nitrogens with zero attached hydrogens (tertiary/aromatic N) is 1. The van der Waals surface area contributed by atoms with Crippen LogP contribution in [0.3, 0.4) is 0 Å². The van der Waals surface area contributed by atoms with Crippen LogP contribution in [0, 0.1) is 5.82 Å². The predicted octanol–water partition coefficient (Wildman–Crippen LogP) is 1.40. The zero-order chi connectivity index (χ0) is 19.5. The molecular weight excluding hydrogens is 364 g/mol. The van der Waals surface area contributed by atoms with Gasteiger partial charge in [-0.1, -0.05) is 0 Å². The van der Waals surface area contributed by atoms with E-state index in [0.29, 0.717) is 6.07 Å². The number of aliphatic hydroxyl groups is 1. The number of rotatable bonds is 6. The summed E-state index contributed by atoms with van der Waals surface area (Å²) in [6, 6.07) is 2.27. The number of hydrogen-bond donors (Lipinski definition) is 2. The van der Waals surface area contributed by atoms with E-state index >= 15 is 0 Å². The van der Waals surface area contributed by atoms with Gasteiger partial charge < -0.3 is 24.8 Å². The molecule has 26 heavy (non-hydrogen) atoms. The van der Waals surface area contributed by atoms with E-state index in [1.165, 1.54) is 0 Å². The number of nitrogens with one attached hydrogen (secondary N) is 1. The van der Waals surface area contributed by atoms with Gasteiger partial charge in [-0.3, -0.25) is 4.79 Å².